The molecule has 0 fully saturated rings. The minimum absolute atomic E-state index is 0.0430. The van der Waals surface area contributed by atoms with Gasteiger partial charge >= 0.3 is 0 Å². The molecule has 146 valence electrons. The Morgan fingerprint density at radius 3 is 2.79 bits per heavy atom. The third kappa shape index (κ3) is 4.57. The Morgan fingerprint density at radius 1 is 1.25 bits per heavy atom. The normalized spacial score (nSPS) is 11.9. The summed E-state index contributed by atoms with van der Waals surface area (Å²) in [4.78, 5) is 16.9. The molecule has 3 aromatic rings. The number of benzene rings is 2. The average Bonchev–Trinajstić information content (AvgIpc) is 3.14. The minimum atomic E-state index is -0.136. The number of nitrogens with zero attached hydrogens (tertiary/aromatic N) is 2. The van der Waals surface area contributed by atoms with E-state index in [2.05, 4.69) is 42.3 Å². The molecule has 0 spiro atoms. The Bertz CT molecular complexity index is 968. The van der Waals surface area contributed by atoms with Gasteiger partial charge < -0.3 is 10.1 Å². The van der Waals surface area contributed by atoms with Crippen molar-refractivity contribution in [2.75, 3.05) is 12.9 Å². The van der Waals surface area contributed by atoms with Gasteiger partial charge in [-0.25, -0.2) is 4.98 Å². The van der Waals surface area contributed by atoms with Crippen LogP contribution in [0.3, 0.4) is 0 Å². The number of hydrogen-bond acceptors (Lipinski definition) is 4. The molecule has 1 unspecified atom stereocenters. The van der Waals surface area contributed by atoms with E-state index in [0.717, 1.165) is 22.2 Å². The zero-order chi connectivity index (χ0) is 20.1. The van der Waals surface area contributed by atoms with Crippen LogP contribution in [-0.4, -0.2) is 28.3 Å². The highest BCUT2D eigenvalue weighted by Crippen LogP contribution is 2.26. The lowest BCUT2D eigenvalue weighted by Crippen LogP contribution is -2.28. The third-order valence-corrected chi connectivity index (χ3v) is 5.50. The Morgan fingerprint density at radius 2 is 2.04 bits per heavy atom. The van der Waals surface area contributed by atoms with E-state index < -0.39 is 0 Å². The molecular weight excluding hydrogens is 370 g/mol. The van der Waals surface area contributed by atoms with Crippen LogP contribution in [0.5, 0.6) is 5.75 Å². The van der Waals surface area contributed by atoms with E-state index in [1.165, 1.54) is 22.9 Å². The van der Waals surface area contributed by atoms with E-state index >= 15 is 0 Å². The van der Waals surface area contributed by atoms with Crippen LogP contribution < -0.4 is 10.1 Å². The van der Waals surface area contributed by atoms with Gasteiger partial charge in [-0.15, -0.1) is 0 Å². The van der Waals surface area contributed by atoms with Crippen LogP contribution in [-0.2, 0) is 4.79 Å². The van der Waals surface area contributed by atoms with E-state index in [-0.39, 0.29) is 11.9 Å². The summed E-state index contributed by atoms with van der Waals surface area (Å²) in [5.41, 5.74) is 4.43. The van der Waals surface area contributed by atoms with E-state index in [4.69, 9.17) is 4.74 Å². The van der Waals surface area contributed by atoms with Gasteiger partial charge in [0.1, 0.15) is 5.75 Å². The Hall–Kier alpha value is -2.73. The number of para-hydroxylation sites is 1. The maximum absolute atomic E-state index is 12.5. The maximum atomic E-state index is 12.5. The zero-order valence-corrected chi connectivity index (χ0v) is 17.4. The number of aromatic nitrogens is 2. The van der Waals surface area contributed by atoms with Gasteiger partial charge in [0.05, 0.1) is 24.6 Å². The van der Waals surface area contributed by atoms with E-state index in [1.54, 1.807) is 13.3 Å². The first-order valence-electron chi connectivity index (χ1n) is 9.15. The summed E-state index contributed by atoms with van der Waals surface area (Å²) in [6.45, 7) is 6.11. The third-order valence-electron chi connectivity index (χ3n) is 4.53. The number of amides is 1. The highest BCUT2D eigenvalue weighted by Gasteiger charge is 2.15. The molecule has 0 aliphatic rings. The van der Waals surface area contributed by atoms with Gasteiger partial charge in [-0.1, -0.05) is 47.7 Å². The first-order chi connectivity index (χ1) is 13.5. The number of ether oxygens (including phenoxy) is 1. The van der Waals surface area contributed by atoms with Gasteiger partial charge in [0.2, 0.25) is 5.91 Å². The lowest BCUT2D eigenvalue weighted by molar-refractivity contribution is -0.119. The van der Waals surface area contributed by atoms with Crippen LogP contribution in [0.15, 0.2) is 60.0 Å². The molecule has 0 aliphatic carbocycles. The van der Waals surface area contributed by atoms with Crippen molar-refractivity contribution in [3.63, 3.8) is 0 Å². The topological polar surface area (TPSA) is 56.1 Å². The number of rotatable bonds is 7. The van der Waals surface area contributed by atoms with Crippen LogP contribution in [0.1, 0.15) is 29.7 Å². The highest BCUT2D eigenvalue weighted by molar-refractivity contribution is 7.99. The number of thioether (sulfide) groups is 1. The highest BCUT2D eigenvalue weighted by atomic mass is 32.2. The van der Waals surface area contributed by atoms with Crippen LogP contribution in [0, 0.1) is 13.8 Å². The van der Waals surface area contributed by atoms with E-state index in [0.29, 0.717) is 5.75 Å². The summed E-state index contributed by atoms with van der Waals surface area (Å²) >= 11 is 1.43. The van der Waals surface area contributed by atoms with Crippen molar-refractivity contribution in [3.05, 3.63) is 71.5 Å². The predicted molar refractivity (Wildman–Crippen MR) is 113 cm³/mol. The van der Waals surface area contributed by atoms with Crippen molar-refractivity contribution < 1.29 is 9.53 Å². The van der Waals surface area contributed by atoms with E-state index in [9.17, 15) is 4.79 Å². The van der Waals surface area contributed by atoms with Gasteiger partial charge in [0, 0.05) is 18.0 Å². The molecule has 0 saturated carbocycles. The largest absolute Gasteiger partial charge is 0.496 e. The summed E-state index contributed by atoms with van der Waals surface area (Å²) in [6.07, 6.45) is 3.69. The Balaban J connectivity index is 1.65. The smallest absolute Gasteiger partial charge is 0.230 e. The molecule has 1 N–H and O–H groups in total. The first kappa shape index (κ1) is 20.0. The van der Waals surface area contributed by atoms with Crippen LogP contribution in [0.2, 0.25) is 0 Å². The zero-order valence-electron chi connectivity index (χ0n) is 16.6. The summed E-state index contributed by atoms with van der Waals surface area (Å²) in [7, 11) is 1.64. The van der Waals surface area contributed by atoms with Gasteiger partial charge in [-0.3, -0.25) is 9.36 Å². The quantitative estimate of drug-likeness (QED) is 0.600. The molecule has 1 heterocycles. The number of aryl methyl sites for hydroxylation is 2. The molecule has 0 radical (unpaired) electrons. The van der Waals surface area contributed by atoms with Crippen molar-refractivity contribution in [2.24, 2.45) is 0 Å². The molecule has 3 rings (SSSR count). The van der Waals surface area contributed by atoms with Crippen molar-refractivity contribution in [2.45, 2.75) is 32.0 Å². The monoisotopic (exact) mass is 395 g/mol. The van der Waals surface area contributed by atoms with Crippen molar-refractivity contribution in [1.29, 1.82) is 0 Å². The fourth-order valence-corrected chi connectivity index (χ4v) is 3.95. The van der Waals surface area contributed by atoms with E-state index in [1.807, 2.05) is 42.0 Å². The fraction of sp³-hybridized carbons (Fsp3) is 0.273. The second-order valence-corrected chi connectivity index (χ2v) is 7.63. The van der Waals surface area contributed by atoms with Gasteiger partial charge in [-0.2, -0.15) is 0 Å². The van der Waals surface area contributed by atoms with Gasteiger partial charge in [0.15, 0.2) is 5.16 Å². The van der Waals surface area contributed by atoms with Crippen LogP contribution >= 0.6 is 11.8 Å². The van der Waals surface area contributed by atoms with Crippen molar-refractivity contribution in [3.8, 4) is 11.4 Å². The maximum Gasteiger partial charge on any atom is 0.230 e. The number of hydrogen-bond donors (Lipinski definition) is 1. The number of carbonyl (C=O) groups excluding carboxylic acids is 1. The lowest BCUT2D eigenvalue weighted by Gasteiger charge is -2.17. The molecule has 1 amide bonds. The number of nitrogens with one attached hydrogen (secondary N) is 1. The molecule has 0 saturated heterocycles. The summed E-state index contributed by atoms with van der Waals surface area (Å²) in [5, 5.41) is 3.83. The molecule has 28 heavy (non-hydrogen) atoms. The van der Waals surface area contributed by atoms with Gasteiger partial charge in [-0.05, 0) is 38.5 Å². The molecule has 6 heteroatoms. The van der Waals surface area contributed by atoms with Crippen molar-refractivity contribution >= 4 is 17.7 Å². The van der Waals surface area contributed by atoms with Crippen molar-refractivity contribution in [1.82, 2.24) is 14.9 Å². The molecular formula is C22H25N3O2S. The van der Waals surface area contributed by atoms with Crippen LogP contribution in [0.25, 0.3) is 5.69 Å². The predicted octanol–water partition coefficient (Wildman–Crippen LogP) is 4.47. The fourth-order valence-electron chi connectivity index (χ4n) is 3.17. The SMILES string of the molecule is COc1ccccc1C(C)NC(=O)CSc1nccn1-c1ccc(C)cc1C. The summed E-state index contributed by atoms with van der Waals surface area (Å²) in [6, 6.07) is 13.9. The molecule has 5 nitrogen and oxygen atoms in total. The Labute approximate surface area is 170 Å². The van der Waals surface area contributed by atoms with Gasteiger partial charge in [0.25, 0.3) is 0 Å². The average molecular weight is 396 g/mol. The molecule has 1 aromatic heterocycles. The number of methoxy groups -OCH3 is 1. The molecule has 0 aliphatic heterocycles. The second-order valence-electron chi connectivity index (χ2n) is 6.69. The number of carbonyl (C=O) groups is 1. The standard InChI is InChI=1S/C22H25N3O2S/c1-15-9-10-19(16(2)13-15)25-12-11-23-22(25)28-14-21(26)24-17(3)18-7-5-6-8-20(18)27-4/h5-13,17H,14H2,1-4H3,(H,24,26). The molecule has 0 bridgehead atoms. The summed E-state index contributed by atoms with van der Waals surface area (Å²) < 4.78 is 7.41. The lowest BCUT2D eigenvalue weighted by atomic mass is 10.1. The minimum Gasteiger partial charge on any atom is -0.496 e. The number of imidazole rings is 1. The molecule has 1 atom stereocenters. The molecule has 2 aromatic carbocycles. The first-order valence-corrected chi connectivity index (χ1v) is 10.1. The van der Waals surface area contributed by atoms with Crippen LogP contribution in [0.4, 0.5) is 0 Å². The summed E-state index contributed by atoms with van der Waals surface area (Å²) in [5.74, 6) is 1.02. The second kappa shape index (κ2) is 8.97. The Kier molecular flexibility index (Phi) is 6.41.